The number of amides is 1. The minimum absolute atomic E-state index is 0.245. The van der Waals surface area contributed by atoms with Gasteiger partial charge < -0.3 is 65.1 Å². The van der Waals surface area contributed by atoms with E-state index < -0.39 is 86.8 Å². The van der Waals surface area contributed by atoms with Gasteiger partial charge in [-0.25, -0.2) is 0 Å². The Kier molecular flexibility index (Phi) is 49.1. The number of carbonyl (C=O) groups is 1. The molecule has 0 bridgehead atoms. The van der Waals surface area contributed by atoms with Crippen molar-refractivity contribution in [1.82, 2.24) is 5.32 Å². The first-order valence-corrected chi connectivity index (χ1v) is 33.3. The first-order chi connectivity index (χ1) is 40.6. The molecule has 9 N–H and O–H groups in total. The Morgan fingerprint density at radius 2 is 0.831 bits per heavy atom. The Balaban J connectivity index is 1.71. The van der Waals surface area contributed by atoms with E-state index in [1.165, 1.54) is 141 Å². The Labute approximate surface area is 503 Å². The highest BCUT2D eigenvalue weighted by Gasteiger charge is 2.51. The number of aliphatic hydroxyl groups is 8. The second-order valence-electron chi connectivity index (χ2n) is 23.2. The van der Waals surface area contributed by atoms with Gasteiger partial charge >= 0.3 is 0 Å². The van der Waals surface area contributed by atoms with Crippen LogP contribution in [0.25, 0.3) is 0 Å². The van der Waals surface area contributed by atoms with Crippen molar-refractivity contribution in [3.8, 4) is 0 Å². The predicted octanol–water partition coefficient (Wildman–Crippen LogP) is 12.8. The fourth-order valence-electron chi connectivity index (χ4n) is 10.5. The van der Waals surface area contributed by atoms with E-state index in [0.717, 1.165) is 83.5 Å². The van der Waals surface area contributed by atoms with Gasteiger partial charge in [0.25, 0.3) is 0 Å². The molecule has 2 rings (SSSR count). The molecule has 14 nitrogen and oxygen atoms in total. The number of hydrogen-bond donors (Lipinski definition) is 9. The van der Waals surface area contributed by atoms with Crippen molar-refractivity contribution in [3.63, 3.8) is 0 Å². The average molecular weight is 1170 g/mol. The van der Waals surface area contributed by atoms with Gasteiger partial charge in [0.1, 0.15) is 48.8 Å². The van der Waals surface area contributed by atoms with E-state index in [0.29, 0.717) is 6.42 Å². The van der Waals surface area contributed by atoms with Crippen LogP contribution in [-0.4, -0.2) is 140 Å². The molecule has 0 saturated carbocycles. The Morgan fingerprint density at radius 1 is 0.446 bits per heavy atom. The fraction of sp³-hybridized carbons (Fsp3) is 0.783. The molecule has 2 aliphatic rings. The topological polar surface area (TPSA) is 228 Å². The van der Waals surface area contributed by atoms with Gasteiger partial charge in [-0.2, -0.15) is 0 Å². The summed E-state index contributed by atoms with van der Waals surface area (Å²) in [5, 5.41) is 87.3. The lowest BCUT2D eigenvalue weighted by molar-refractivity contribution is -0.359. The van der Waals surface area contributed by atoms with Gasteiger partial charge in [0.15, 0.2) is 12.6 Å². The zero-order chi connectivity index (χ0) is 60.2. The van der Waals surface area contributed by atoms with Gasteiger partial charge in [-0.05, 0) is 70.6 Å². The Bertz CT molecular complexity index is 1710. The largest absolute Gasteiger partial charge is 0.394 e. The summed E-state index contributed by atoms with van der Waals surface area (Å²) in [7, 11) is 0. The molecule has 12 unspecified atom stereocenters. The lowest BCUT2D eigenvalue weighted by Gasteiger charge is -2.46. The summed E-state index contributed by atoms with van der Waals surface area (Å²) in [6.07, 6.45) is 56.1. The van der Waals surface area contributed by atoms with Crippen LogP contribution in [0.3, 0.4) is 0 Å². The maximum Gasteiger partial charge on any atom is 0.220 e. The summed E-state index contributed by atoms with van der Waals surface area (Å²) < 4.78 is 22.8. The van der Waals surface area contributed by atoms with E-state index in [9.17, 15) is 45.6 Å². The molecule has 0 aromatic rings. The van der Waals surface area contributed by atoms with Crippen LogP contribution in [0.5, 0.6) is 0 Å². The summed E-state index contributed by atoms with van der Waals surface area (Å²) in [6, 6.07) is -0.923. The molecule has 0 spiro atoms. The van der Waals surface area contributed by atoms with Crippen LogP contribution in [0, 0.1) is 0 Å². The second-order valence-corrected chi connectivity index (χ2v) is 23.2. The second kappa shape index (κ2) is 53.4. The summed E-state index contributed by atoms with van der Waals surface area (Å²) in [5.41, 5.74) is 0. The molecule has 12 atom stereocenters. The summed E-state index contributed by atoms with van der Waals surface area (Å²) in [5.74, 6) is -0.245. The summed E-state index contributed by atoms with van der Waals surface area (Å²) >= 11 is 0. The molecule has 0 aliphatic carbocycles. The molecule has 2 fully saturated rings. The molecule has 2 heterocycles. The van der Waals surface area contributed by atoms with Crippen LogP contribution in [0.1, 0.15) is 251 Å². The monoisotopic (exact) mass is 1170 g/mol. The predicted molar refractivity (Wildman–Crippen MR) is 336 cm³/mol. The standard InChI is InChI=1S/C69H121NO13/c1-3-5-7-9-11-13-15-17-19-21-23-25-26-27-28-29-30-31-32-33-35-37-39-41-43-45-47-49-51-53-61(74)70-57(58(73)52-50-48-46-44-42-40-38-36-34-24-22-20-18-16-14-12-10-8-6-4-2)56-80-68-66(79)64(77)67(60(55-72)82-68)83-69-65(78)63(76)62(75)59(54-71)81-69/h5,7,11,13,17,19,23,25,27-28,30-31,50,52,57-60,62-69,71-73,75-79H,3-4,6,8-10,12,14-16,18,20-22,24,26,29,32-49,51,53-56H2,1-2H3,(H,70,74)/b7-5-,13-11-,19-17-,25-23-,28-27-,31-30-,52-50+. The Morgan fingerprint density at radius 3 is 1.28 bits per heavy atom. The van der Waals surface area contributed by atoms with Gasteiger partial charge in [0.2, 0.25) is 5.91 Å². The van der Waals surface area contributed by atoms with E-state index in [4.69, 9.17) is 18.9 Å². The van der Waals surface area contributed by atoms with E-state index in [-0.39, 0.29) is 18.9 Å². The lowest BCUT2D eigenvalue weighted by atomic mass is 9.97. The van der Waals surface area contributed by atoms with Gasteiger partial charge in [-0.15, -0.1) is 0 Å². The van der Waals surface area contributed by atoms with Crippen molar-refractivity contribution in [2.45, 2.75) is 325 Å². The molecule has 2 aliphatic heterocycles. The van der Waals surface area contributed by atoms with Crippen LogP contribution < -0.4 is 5.32 Å². The van der Waals surface area contributed by atoms with Gasteiger partial charge in [-0.1, -0.05) is 259 Å². The third kappa shape index (κ3) is 38.1. The molecule has 480 valence electrons. The lowest BCUT2D eigenvalue weighted by Crippen LogP contribution is -2.65. The van der Waals surface area contributed by atoms with Gasteiger partial charge in [0.05, 0.1) is 32.0 Å². The SMILES string of the molecule is CC/C=C\C/C=C\C/C=C\C/C=C\C/C=C\C/C=C\CCCCCCCCCCCCC(=O)NC(COC1OC(CO)C(OC2OC(CO)C(O)C(O)C2O)C(O)C1O)C(O)/C=C/CCCCCCCCCCCCCCCCCCCC. The normalized spacial score (nSPS) is 24.4. The van der Waals surface area contributed by atoms with E-state index >= 15 is 0 Å². The highest BCUT2D eigenvalue weighted by Crippen LogP contribution is 2.30. The zero-order valence-electron chi connectivity index (χ0n) is 51.9. The first kappa shape index (κ1) is 76.3. The number of carbonyl (C=O) groups excluding carboxylic acids is 1. The molecule has 1 amide bonds. The molecular weight excluding hydrogens is 1050 g/mol. The molecule has 14 heteroatoms. The maximum absolute atomic E-state index is 13.3. The molecule has 0 radical (unpaired) electrons. The number of unbranched alkanes of at least 4 members (excludes halogenated alkanes) is 28. The summed E-state index contributed by atoms with van der Waals surface area (Å²) in [6.45, 7) is 2.70. The third-order valence-electron chi connectivity index (χ3n) is 15.8. The van der Waals surface area contributed by atoms with Gasteiger partial charge in [-0.3, -0.25) is 4.79 Å². The number of allylic oxidation sites excluding steroid dienone is 13. The zero-order valence-corrected chi connectivity index (χ0v) is 51.9. The van der Waals surface area contributed by atoms with Gasteiger partial charge in [0, 0.05) is 6.42 Å². The molecular formula is C69H121NO13. The molecule has 0 aromatic heterocycles. The quantitative estimate of drug-likeness (QED) is 0.0204. The van der Waals surface area contributed by atoms with Crippen LogP contribution in [-0.2, 0) is 23.7 Å². The number of rotatable bonds is 53. The van der Waals surface area contributed by atoms with Crippen molar-refractivity contribution in [3.05, 3.63) is 85.1 Å². The van der Waals surface area contributed by atoms with Crippen molar-refractivity contribution in [1.29, 1.82) is 0 Å². The van der Waals surface area contributed by atoms with Crippen LogP contribution in [0.15, 0.2) is 85.1 Å². The van der Waals surface area contributed by atoms with Crippen molar-refractivity contribution >= 4 is 5.91 Å². The van der Waals surface area contributed by atoms with Crippen LogP contribution >= 0.6 is 0 Å². The first-order valence-electron chi connectivity index (χ1n) is 33.3. The molecule has 0 aromatic carbocycles. The van der Waals surface area contributed by atoms with Crippen LogP contribution in [0.2, 0.25) is 0 Å². The fourth-order valence-corrected chi connectivity index (χ4v) is 10.5. The van der Waals surface area contributed by atoms with Crippen molar-refractivity contribution in [2.75, 3.05) is 19.8 Å². The highest BCUT2D eigenvalue weighted by molar-refractivity contribution is 5.76. The molecule has 83 heavy (non-hydrogen) atoms. The highest BCUT2D eigenvalue weighted by atomic mass is 16.7. The van der Waals surface area contributed by atoms with Crippen LogP contribution in [0.4, 0.5) is 0 Å². The van der Waals surface area contributed by atoms with Crippen molar-refractivity contribution < 1.29 is 64.6 Å². The summed E-state index contributed by atoms with van der Waals surface area (Å²) in [4.78, 5) is 13.3. The Hall–Kier alpha value is -2.83. The van der Waals surface area contributed by atoms with Crippen molar-refractivity contribution in [2.24, 2.45) is 0 Å². The minimum atomic E-state index is -1.79. The number of ether oxygens (including phenoxy) is 4. The molecule has 2 saturated heterocycles. The average Bonchev–Trinajstić information content (AvgIpc) is 3.65. The smallest absolute Gasteiger partial charge is 0.220 e. The minimum Gasteiger partial charge on any atom is -0.394 e. The van der Waals surface area contributed by atoms with E-state index in [2.05, 4.69) is 92.1 Å². The van der Waals surface area contributed by atoms with E-state index in [1.807, 2.05) is 6.08 Å². The third-order valence-corrected chi connectivity index (χ3v) is 15.8. The maximum atomic E-state index is 13.3. The number of nitrogens with one attached hydrogen (secondary N) is 1. The number of aliphatic hydroxyl groups excluding tert-OH is 8. The van der Waals surface area contributed by atoms with E-state index in [1.54, 1.807) is 6.08 Å². The number of hydrogen-bond acceptors (Lipinski definition) is 13.